The lowest BCUT2D eigenvalue weighted by molar-refractivity contribution is 0.0985. The third kappa shape index (κ3) is 4.53. The normalized spacial score (nSPS) is 19.4. The van der Waals surface area contributed by atoms with Crippen molar-refractivity contribution >= 4 is 11.0 Å². The highest BCUT2D eigenvalue weighted by Crippen LogP contribution is 2.12. The third-order valence-corrected chi connectivity index (χ3v) is 3.74. The monoisotopic (exact) mass is 221 g/mol. The first-order chi connectivity index (χ1) is 6.16. The van der Waals surface area contributed by atoms with Crippen molar-refractivity contribution in [2.75, 3.05) is 0 Å². The van der Waals surface area contributed by atoms with E-state index in [9.17, 15) is 9.32 Å². The van der Waals surface area contributed by atoms with Crippen molar-refractivity contribution in [3.8, 4) is 0 Å². The molecule has 0 aliphatic heterocycles. The van der Waals surface area contributed by atoms with E-state index < -0.39 is 17.1 Å². The lowest BCUT2D eigenvalue weighted by Gasteiger charge is -2.26. The van der Waals surface area contributed by atoms with E-state index in [4.69, 9.17) is 0 Å². The van der Waals surface area contributed by atoms with Crippen LogP contribution in [0.3, 0.4) is 0 Å². The molecule has 0 saturated heterocycles. The maximum atomic E-state index is 11.7. The van der Waals surface area contributed by atoms with E-state index in [0.29, 0.717) is 0 Å². The molecule has 0 saturated carbocycles. The van der Waals surface area contributed by atoms with Gasteiger partial charge in [0.2, 0.25) is 0 Å². The van der Waals surface area contributed by atoms with Gasteiger partial charge in [0, 0.05) is 6.04 Å². The zero-order chi connectivity index (χ0) is 11.5. The molecule has 3 atom stereocenters. The summed E-state index contributed by atoms with van der Waals surface area (Å²) in [6.45, 7) is 11.5. The second-order valence-corrected chi connectivity index (χ2v) is 7.02. The SMILES string of the molecule is CC(C)[C@@H](O)[C@H](C)N[S@](=O)C(C)(C)C. The Hall–Kier alpha value is 0.0700. The van der Waals surface area contributed by atoms with Gasteiger partial charge in [0.15, 0.2) is 0 Å². The van der Waals surface area contributed by atoms with Crippen molar-refractivity contribution in [2.24, 2.45) is 5.92 Å². The van der Waals surface area contributed by atoms with Crippen LogP contribution in [0.5, 0.6) is 0 Å². The maximum absolute atomic E-state index is 11.7. The van der Waals surface area contributed by atoms with Crippen molar-refractivity contribution in [1.29, 1.82) is 0 Å². The molecule has 0 radical (unpaired) electrons. The Morgan fingerprint density at radius 2 is 1.64 bits per heavy atom. The molecular weight excluding hydrogens is 198 g/mol. The Morgan fingerprint density at radius 3 is 1.93 bits per heavy atom. The number of nitrogens with one attached hydrogen (secondary N) is 1. The second-order valence-electron chi connectivity index (χ2n) is 5.02. The first kappa shape index (κ1) is 14.1. The van der Waals surface area contributed by atoms with Gasteiger partial charge in [0.25, 0.3) is 0 Å². The van der Waals surface area contributed by atoms with Crippen molar-refractivity contribution < 1.29 is 9.32 Å². The summed E-state index contributed by atoms with van der Waals surface area (Å²) in [7, 11) is -1.11. The number of hydrogen-bond donors (Lipinski definition) is 2. The van der Waals surface area contributed by atoms with Crippen LogP contribution in [0.4, 0.5) is 0 Å². The zero-order valence-electron chi connectivity index (χ0n) is 10.00. The summed E-state index contributed by atoms with van der Waals surface area (Å²) in [4.78, 5) is 0. The summed E-state index contributed by atoms with van der Waals surface area (Å²) in [5.41, 5.74) is 0. The Bertz CT molecular complexity index is 199. The van der Waals surface area contributed by atoms with Gasteiger partial charge in [-0.25, -0.2) is 8.93 Å². The van der Waals surface area contributed by atoms with Crippen LogP contribution in [0.15, 0.2) is 0 Å². The molecule has 0 rings (SSSR count). The highest BCUT2D eigenvalue weighted by Gasteiger charge is 2.25. The Morgan fingerprint density at radius 1 is 1.21 bits per heavy atom. The van der Waals surface area contributed by atoms with E-state index >= 15 is 0 Å². The molecule has 0 aromatic rings. The third-order valence-electron chi connectivity index (χ3n) is 2.04. The summed E-state index contributed by atoms with van der Waals surface area (Å²) in [5, 5.41) is 9.71. The van der Waals surface area contributed by atoms with Gasteiger partial charge in [-0.1, -0.05) is 13.8 Å². The molecule has 0 amide bonds. The summed E-state index contributed by atoms with van der Waals surface area (Å²) in [5.74, 6) is 0.175. The van der Waals surface area contributed by atoms with E-state index in [0.717, 1.165) is 0 Å². The summed E-state index contributed by atoms with van der Waals surface area (Å²) < 4.78 is 14.3. The average Bonchev–Trinajstić information content (AvgIpc) is 2.00. The van der Waals surface area contributed by atoms with Crippen LogP contribution in [-0.2, 0) is 11.0 Å². The first-order valence-electron chi connectivity index (χ1n) is 5.02. The quantitative estimate of drug-likeness (QED) is 0.755. The predicted molar refractivity (Wildman–Crippen MR) is 61.3 cm³/mol. The lowest BCUT2D eigenvalue weighted by Crippen LogP contribution is -2.45. The van der Waals surface area contributed by atoms with Crippen molar-refractivity contribution in [3.63, 3.8) is 0 Å². The maximum Gasteiger partial charge on any atom is 0.0973 e. The second kappa shape index (κ2) is 5.24. The molecule has 3 nitrogen and oxygen atoms in total. The largest absolute Gasteiger partial charge is 0.391 e. The molecule has 14 heavy (non-hydrogen) atoms. The molecule has 0 bridgehead atoms. The van der Waals surface area contributed by atoms with Crippen LogP contribution in [0, 0.1) is 5.92 Å². The van der Waals surface area contributed by atoms with Crippen LogP contribution >= 0.6 is 0 Å². The number of rotatable bonds is 4. The van der Waals surface area contributed by atoms with Gasteiger partial charge < -0.3 is 5.11 Å². The van der Waals surface area contributed by atoms with Gasteiger partial charge >= 0.3 is 0 Å². The van der Waals surface area contributed by atoms with Crippen molar-refractivity contribution in [3.05, 3.63) is 0 Å². The van der Waals surface area contributed by atoms with Crippen molar-refractivity contribution in [1.82, 2.24) is 4.72 Å². The van der Waals surface area contributed by atoms with Crippen LogP contribution in [0.2, 0.25) is 0 Å². The topological polar surface area (TPSA) is 49.3 Å². The van der Waals surface area contributed by atoms with E-state index in [1.165, 1.54) is 0 Å². The standard InChI is InChI=1S/C10H23NO2S/c1-7(2)9(12)8(3)11-14(13)10(4,5)6/h7-9,11-12H,1-6H3/t8-,9+,14+/m0/s1. The van der Waals surface area contributed by atoms with Gasteiger partial charge in [-0.15, -0.1) is 0 Å². The van der Waals surface area contributed by atoms with E-state index in [2.05, 4.69) is 4.72 Å². The van der Waals surface area contributed by atoms with Gasteiger partial charge in [-0.05, 0) is 33.6 Å². The number of hydrogen-bond acceptors (Lipinski definition) is 2. The highest BCUT2D eigenvalue weighted by molar-refractivity contribution is 7.84. The molecule has 4 heteroatoms. The van der Waals surface area contributed by atoms with Crippen molar-refractivity contribution in [2.45, 2.75) is 58.4 Å². The van der Waals surface area contributed by atoms with E-state index in [1.54, 1.807) is 0 Å². The highest BCUT2D eigenvalue weighted by atomic mass is 32.2. The molecule has 0 aromatic carbocycles. The zero-order valence-corrected chi connectivity index (χ0v) is 10.8. The minimum Gasteiger partial charge on any atom is -0.391 e. The predicted octanol–water partition coefficient (Wildman–Crippen LogP) is 1.44. The molecule has 0 spiro atoms. The minimum atomic E-state index is -1.11. The molecule has 0 aliphatic carbocycles. The lowest BCUT2D eigenvalue weighted by atomic mass is 10.0. The fourth-order valence-electron chi connectivity index (χ4n) is 0.993. The summed E-state index contributed by atoms with van der Waals surface area (Å²) in [6, 6.07) is -0.143. The Labute approximate surface area is 89.9 Å². The summed E-state index contributed by atoms with van der Waals surface area (Å²) >= 11 is 0. The van der Waals surface area contributed by atoms with Crippen LogP contribution in [0.25, 0.3) is 0 Å². The molecule has 0 fully saturated rings. The van der Waals surface area contributed by atoms with Crippen LogP contribution < -0.4 is 4.72 Å². The number of aliphatic hydroxyl groups is 1. The summed E-state index contributed by atoms with van der Waals surface area (Å²) in [6.07, 6.45) is -0.457. The Kier molecular flexibility index (Phi) is 5.26. The van der Waals surface area contributed by atoms with Crippen LogP contribution in [0.1, 0.15) is 41.5 Å². The van der Waals surface area contributed by atoms with E-state index in [1.807, 2.05) is 41.5 Å². The van der Waals surface area contributed by atoms with Gasteiger partial charge in [-0.2, -0.15) is 0 Å². The Balaban J connectivity index is 4.20. The smallest absolute Gasteiger partial charge is 0.0973 e. The number of aliphatic hydroxyl groups excluding tert-OH is 1. The fourth-order valence-corrected chi connectivity index (χ4v) is 1.82. The molecule has 0 aliphatic rings. The van der Waals surface area contributed by atoms with Gasteiger partial charge in [0.05, 0.1) is 21.8 Å². The fraction of sp³-hybridized carbons (Fsp3) is 1.00. The molecule has 0 heterocycles. The first-order valence-corrected chi connectivity index (χ1v) is 6.17. The van der Waals surface area contributed by atoms with Gasteiger partial charge in [0.1, 0.15) is 0 Å². The van der Waals surface area contributed by atoms with Gasteiger partial charge in [-0.3, -0.25) is 0 Å². The molecule has 0 unspecified atom stereocenters. The van der Waals surface area contributed by atoms with E-state index in [-0.39, 0.29) is 16.7 Å². The minimum absolute atomic E-state index is 0.143. The molecule has 2 N–H and O–H groups in total. The molecular formula is C10H23NO2S. The molecule has 0 aromatic heterocycles. The molecule has 86 valence electrons. The van der Waals surface area contributed by atoms with Crippen LogP contribution in [-0.4, -0.2) is 26.2 Å². The average molecular weight is 221 g/mol.